The summed E-state index contributed by atoms with van der Waals surface area (Å²) in [4.78, 5) is 0. The average molecular weight is 247 g/mol. The lowest BCUT2D eigenvalue weighted by Gasteiger charge is -2.13. The molecular formula is C11H15ClO4. The van der Waals surface area contributed by atoms with E-state index in [9.17, 15) is 0 Å². The summed E-state index contributed by atoms with van der Waals surface area (Å²) in [6, 6.07) is 3.30. The van der Waals surface area contributed by atoms with Gasteiger partial charge < -0.3 is 19.3 Å². The zero-order valence-electron chi connectivity index (χ0n) is 9.33. The van der Waals surface area contributed by atoms with Crippen LogP contribution >= 0.6 is 11.6 Å². The Morgan fingerprint density at radius 1 is 1.38 bits per heavy atom. The third-order valence-corrected chi connectivity index (χ3v) is 2.24. The van der Waals surface area contributed by atoms with Gasteiger partial charge in [0.05, 0.1) is 18.7 Å². The third-order valence-electron chi connectivity index (χ3n) is 1.96. The summed E-state index contributed by atoms with van der Waals surface area (Å²) in [6.45, 7) is 2.46. The highest BCUT2D eigenvalue weighted by atomic mass is 35.5. The predicted octanol–water partition coefficient (Wildman–Crippen LogP) is 2.21. The van der Waals surface area contributed by atoms with Crippen molar-refractivity contribution in [3.05, 3.63) is 22.7 Å². The van der Waals surface area contributed by atoms with Gasteiger partial charge in [-0.1, -0.05) is 11.6 Å². The van der Waals surface area contributed by atoms with Gasteiger partial charge in [0, 0.05) is 6.61 Å². The maximum atomic E-state index is 9.01. The van der Waals surface area contributed by atoms with E-state index in [2.05, 4.69) is 0 Å². The number of aliphatic hydroxyl groups is 1. The third kappa shape index (κ3) is 3.27. The van der Waals surface area contributed by atoms with E-state index < -0.39 is 0 Å². The lowest BCUT2D eigenvalue weighted by atomic mass is 10.2. The van der Waals surface area contributed by atoms with E-state index in [0.29, 0.717) is 28.7 Å². The molecule has 0 fully saturated rings. The molecule has 1 aromatic carbocycles. The molecule has 0 aliphatic carbocycles. The monoisotopic (exact) mass is 246 g/mol. The number of halogens is 1. The number of benzene rings is 1. The van der Waals surface area contributed by atoms with Crippen LogP contribution in [0.25, 0.3) is 0 Å². The summed E-state index contributed by atoms with van der Waals surface area (Å²) in [5, 5.41) is 9.40. The fourth-order valence-corrected chi connectivity index (χ4v) is 1.48. The first-order valence-electron chi connectivity index (χ1n) is 4.90. The molecular weight excluding hydrogens is 232 g/mol. The second-order valence-corrected chi connectivity index (χ2v) is 3.43. The van der Waals surface area contributed by atoms with Gasteiger partial charge >= 0.3 is 0 Å². The van der Waals surface area contributed by atoms with E-state index in [1.54, 1.807) is 12.1 Å². The Kier molecular flexibility index (Phi) is 5.38. The molecule has 0 aromatic heterocycles. The van der Waals surface area contributed by atoms with Gasteiger partial charge in [-0.05, 0) is 24.6 Å². The van der Waals surface area contributed by atoms with Gasteiger partial charge in [0.25, 0.3) is 0 Å². The lowest BCUT2D eigenvalue weighted by Crippen LogP contribution is -2.04. The summed E-state index contributed by atoms with van der Waals surface area (Å²) < 4.78 is 15.5. The molecule has 1 aromatic rings. The topological polar surface area (TPSA) is 47.9 Å². The maximum Gasteiger partial charge on any atom is 0.189 e. The molecule has 0 saturated heterocycles. The normalized spacial score (nSPS) is 10.2. The SMILES string of the molecule is CCOCOc1c(Cl)cc(CO)cc1OC. The van der Waals surface area contributed by atoms with Gasteiger partial charge in [0.2, 0.25) is 0 Å². The molecule has 1 N–H and O–H groups in total. The van der Waals surface area contributed by atoms with E-state index in [-0.39, 0.29) is 13.4 Å². The number of ether oxygens (including phenoxy) is 3. The highest BCUT2D eigenvalue weighted by molar-refractivity contribution is 6.32. The average Bonchev–Trinajstić information content (AvgIpc) is 2.30. The Morgan fingerprint density at radius 3 is 2.69 bits per heavy atom. The molecule has 16 heavy (non-hydrogen) atoms. The van der Waals surface area contributed by atoms with E-state index in [4.69, 9.17) is 30.9 Å². The minimum Gasteiger partial charge on any atom is -0.493 e. The van der Waals surface area contributed by atoms with Crippen molar-refractivity contribution in [1.82, 2.24) is 0 Å². The number of rotatable bonds is 6. The van der Waals surface area contributed by atoms with Gasteiger partial charge in [-0.3, -0.25) is 0 Å². The molecule has 0 aliphatic rings. The molecule has 0 heterocycles. The van der Waals surface area contributed by atoms with Gasteiger partial charge in [-0.2, -0.15) is 0 Å². The van der Waals surface area contributed by atoms with E-state index in [1.165, 1.54) is 7.11 Å². The molecule has 90 valence electrons. The first kappa shape index (κ1) is 13.1. The van der Waals surface area contributed by atoms with Crippen molar-refractivity contribution >= 4 is 11.6 Å². The van der Waals surface area contributed by atoms with Crippen molar-refractivity contribution in [3.8, 4) is 11.5 Å². The van der Waals surface area contributed by atoms with Crippen LogP contribution < -0.4 is 9.47 Å². The van der Waals surface area contributed by atoms with E-state index in [1.807, 2.05) is 6.92 Å². The molecule has 1 rings (SSSR count). The molecule has 0 spiro atoms. The highest BCUT2D eigenvalue weighted by Crippen LogP contribution is 2.36. The molecule has 0 bridgehead atoms. The second-order valence-electron chi connectivity index (χ2n) is 3.02. The second kappa shape index (κ2) is 6.58. The van der Waals surface area contributed by atoms with Crippen LogP contribution in [0.15, 0.2) is 12.1 Å². The summed E-state index contributed by atoms with van der Waals surface area (Å²) >= 11 is 6.00. The van der Waals surface area contributed by atoms with Crippen LogP contribution in [0.5, 0.6) is 11.5 Å². The molecule has 4 nitrogen and oxygen atoms in total. The number of methoxy groups -OCH3 is 1. The Balaban J connectivity index is 2.88. The van der Waals surface area contributed by atoms with Gasteiger partial charge in [-0.25, -0.2) is 0 Å². The minimum atomic E-state index is -0.0954. The van der Waals surface area contributed by atoms with Gasteiger partial charge in [-0.15, -0.1) is 0 Å². The zero-order chi connectivity index (χ0) is 12.0. The molecule has 0 radical (unpaired) electrons. The van der Waals surface area contributed by atoms with Crippen molar-refractivity contribution in [1.29, 1.82) is 0 Å². The molecule has 0 saturated carbocycles. The molecule has 5 heteroatoms. The Bertz CT molecular complexity index is 341. The van der Waals surface area contributed by atoms with Crippen molar-refractivity contribution in [2.45, 2.75) is 13.5 Å². The largest absolute Gasteiger partial charge is 0.493 e. The molecule has 0 atom stereocenters. The van der Waals surface area contributed by atoms with Crippen molar-refractivity contribution in [2.75, 3.05) is 20.5 Å². The Morgan fingerprint density at radius 2 is 2.12 bits per heavy atom. The summed E-state index contributed by atoms with van der Waals surface area (Å²) in [5.41, 5.74) is 0.672. The van der Waals surface area contributed by atoms with Crippen LogP contribution in [0.1, 0.15) is 12.5 Å². The lowest BCUT2D eigenvalue weighted by molar-refractivity contribution is 0.0209. The number of hydrogen-bond donors (Lipinski definition) is 1. The van der Waals surface area contributed by atoms with Gasteiger partial charge in [0.1, 0.15) is 0 Å². The van der Waals surface area contributed by atoms with Crippen molar-refractivity contribution in [3.63, 3.8) is 0 Å². The fraction of sp³-hybridized carbons (Fsp3) is 0.455. The maximum absolute atomic E-state index is 9.01. The first-order chi connectivity index (χ1) is 7.72. The predicted molar refractivity (Wildman–Crippen MR) is 61.0 cm³/mol. The molecule has 0 aliphatic heterocycles. The van der Waals surface area contributed by atoms with Crippen LogP contribution in [0, 0.1) is 0 Å². The molecule has 0 unspecified atom stereocenters. The van der Waals surface area contributed by atoms with Crippen molar-refractivity contribution < 1.29 is 19.3 Å². The smallest absolute Gasteiger partial charge is 0.189 e. The van der Waals surface area contributed by atoms with Crippen LogP contribution in [0.2, 0.25) is 5.02 Å². The van der Waals surface area contributed by atoms with E-state index in [0.717, 1.165) is 0 Å². The Labute approximate surface area is 99.7 Å². The number of hydrogen-bond acceptors (Lipinski definition) is 4. The molecule has 0 amide bonds. The van der Waals surface area contributed by atoms with Gasteiger partial charge in [0.15, 0.2) is 18.3 Å². The minimum absolute atomic E-state index is 0.0954. The van der Waals surface area contributed by atoms with E-state index >= 15 is 0 Å². The first-order valence-corrected chi connectivity index (χ1v) is 5.28. The summed E-state index contributed by atoms with van der Waals surface area (Å²) in [5.74, 6) is 0.908. The zero-order valence-corrected chi connectivity index (χ0v) is 10.1. The van der Waals surface area contributed by atoms with Crippen LogP contribution in [0.3, 0.4) is 0 Å². The van der Waals surface area contributed by atoms with Crippen LogP contribution in [-0.2, 0) is 11.3 Å². The summed E-state index contributed by atoms with van der Waals surface area (Å²) in [7, 11) is 1.51. The van der Waals surface area contributed by atoms with Crippen molar-refractivity contribution in [2.24, 2.45) is 0 Å². The number of aliphatic hydroxyl groups excluding tert-OH is 1. The Hall–Kier alpha value is -0.970. The fourth-order valence-electron chi connectivity index (χ4n) is 1.19. The quantitative estimate of drug-likeness (QED) is 0.618. The standard InChI is InChI=1S/C11H15ClO4/c1-3-15-7-16-11-9(12)4-8(6-13)5-10(11)14-2/h4-5,13H,3,6-7H2,1-2H3. The van der Waals surface area contributed by atoms with Crippen LogP contribution in [0.4, 0.5) is 0 Å². The highest BCUT2D eigenvalue weighted by Gasteiger charge is 2.11. The van der Waals surface area contributed by atoms with Crippen LogP contribution in [-0.4, -0.2) is 25.6 Å². The summed E-state index contributed by atoms with van der Waals surface area (Å²) in [6.07, 6.45) is 0.